The lowest BCUT2D eigenvalue weighted by Gasteiger charge is -2.31. The summed E-state index contributed by atoms with van der Waals surface area (Å²) in [7, 11) is 0. The van der Waals surface area contributed by atoms with Gasteiger partial charge in [0.15, 0.2) is 5.82 Å². The second-order valence-electron chi connectivity index (χ2n) is 7.06. The molecule has 0 saturated carbocycles. The second kappa shape index (κ2) is 11.7. The van der Waals surface area contributed by atoms with Crippen LogP contribution in [0.4, 0.5) is 0 Å². The number of hydrogen-bond acceptors (Lipinski definition) is 10. The highest BCUT2D eigenvalue weighted by molar-refractivity contribution is 5.77. The summed E-state index contributed by atoms with van der Waals surface area (Å²) in [6.45, 7) is 4.23. The van der Waals surface area contributed by atoms with Gasteiger partial charge in [0, 0.05) is 12.1 Å². The molecule has 11 heteroatoms. The maximum Gasteiger partial charge on any atom is 0.325 e. The van der Waals surface area contributed by atoms with Crippen molar-refractivity contribution < 1.29 is 19.2 Å². The highest BCUT2D eigenvalue weighted by Crippen LogP contribution is 2.24. The van der Waals surface area contributed by atoms with E-state index in [9.17, 15) is 20.2 Å². The van der Waals surface area contributed by atoms with Gasteiger partial charge in [-0.1, -0.05) is 25.5 Å². The van der Waals surface area contributed by atoms with Gasteiger partial charge in [0.2, 0.25) is 6.17 Å². The van der Waals surface area contributed by atoms with E-state index in [1.807, 2.05) is 13.0 Å². The monoisotopic (exact) mass is 432 g/mol. The number of carbonyl (C=O) groups is 1. The van der Waals surface area contributed by atoms with Crippen LogP contribution in [0.5, 0.6) is 0 Å². The van der Waals surface area contributed by atoms with Gasteiger partial charge >= 0.3 is 11.7 Å². The fourth-order valence-electron chi connectivity index (χ4n) is 3.23. The minimum absolute atomic E-state index is 0.0622. The molecule has 2 aliphatic rings. The van der Waals surface area contributed by atoms with Crippen LogP contribution in [-0.2, 0) is 14.3 Å². The van der Waals surface area contributed by atoms with Crippen LogP contribution in [0.1, 0.15) is 33.1 Å². The lowest BCUT2D eigenvalue weighted by Crippen LogP contribution is -2.50. The van der Waals surface area contributed by atoms with Crippen molar-refractivity contribution in [2.75, 3.05) is 26.3 Å². The molecular formula is C20H28N6O5. The van der Waals surface area contributed by atoms with Crippen molar-refractivity contribution in [2.45, 2.75) is 39.3 Å². The maximum absolute atomic E-state index is 12.3. The molecule has 0 aromatic rings. The summed E-state index contributed by atoms with van der Waals surface area (Å²) in [6, 6.07) is 2.15. The van der Waals surface area contributed by atoms with Crippen LogP contribution in [0.25, 0.3) is 0 Å². The zero-order valence-electron chi connectivity index (χ0n) is 17.7. The van der Waals surface area contributed by atoms with Gasteiger partial charge in [-0.05, 0) is 31.8 Å². The lowest BCUT2D eigenvalue weighted by molar-refractivity contribution is -0.435. The van der Waals surface area contributed by atoms with E-state index in [1.165, 1.54) is 4.90 Å². The van der Waals surface area contributed by atoms with Crippen LogP contribution in [0.2, 0.25) is 0 Å². The average Bonchev–Trinajstić information content (AvgIpc) is 2.73. The molecule has 31 heavy (non-hydrogen) atoms. The number of amidine groups is 1. The molecule has 168 valence electrons. The van der Waals surface area contributed by atoms with Crippen LogP contribution < -0.4 is 11.1 Å². The molecule has 0 saturated heterocycles. The molecule has 2 unspecified atom stereocenters. The molecule has 2 rings (SSSR count). The van der Waals surface area contributed by atoms with Crippen LogP contribution in [0.3, 0.4) is 0 Å². The minimum Gasteiger partial charge on any atom is -0.465 e. The van der Waals surface area contributed by atoms with E-state index in [-0.39, 0.29) is 43.2 Å². The fraction of sp³-hybridized carbons (Fsp3) is 0.550. The third-order valence-electron chi connectivity index (χ3n) is 4.67. The second-order valence-corrected chi connectivity index (χ2v) is 7.06. The quantitative estimate of drug-likeness (QED) is 0.225. The Morgan fingerprint density at radius 1 is 1.52 bits per heavy atom. The first kappa shape index (κ1) is 23.9. The van der Waals surface area contributed by atoms with Crippen molar-refractivity contribution in [3.8, 4) is 6.07 Å². The van der Waals surface area contributed by atoms with Gasteiger partial charge < -0.3 is 15.2 Å². The van der Waals surface area contributed by atoms with Gasteiger partial charge in [-0.15, -0.1) is 0 Å². The van der Waals surface area contributed by atoms with Crippen molar-refractivity contribution in [1.29, 1.82) is 5.26 Å². The van der Waals surface area contributed by atoms with Gasteiger partial charge in [0.25, 0.3) is 6.02 Å². The number of nitriles is 1. The normalized spacial score (nSPS) is 20.5. The Hall–Kier alpha value is -3.39. The van der Waals surface area contributed by atoms with Crippen molar-refractivity contribution in [2.24, 2.45) is 16.6 Å². The molecule has 1 aliphatic heterocycles. The molecule has 3 N–H and O–H groups in total. The zero-order valence-corrected chi connectivity index (χ0v) is 17.7. The van der Waals surface area contributed by atoms with Gasteiger partial charge in [0.05, 0.1) is 30.8 Å². The van der Waals surface area contributed by atoms with Gasteiger partial charge in [-0.2, -0.15) is 5.26 Å². The minimum atomic E-state index is -1.15. The molecule has 0 aromatic carbocycles. The van der Waals surface area contributed by atoms with Gasteiger partial charge in [0.1, 0.15) is 0 Å². The third kappa shape index (κ3) is 6.82. The van der Waals surface area contributed by atoms with Crippen molar-refractivity contribution >= 4 is 12.0 Å². The van der Waals surface area contributed by atoms with E-state index in [1.54, 1.807) is 19.1 Å². The first-order valence-electron chi connectivity index (χ1n) is 10.2. The van der Waals surface area contributed by atoms with Gasteiger partial charge in [-0.3, -0.25) is 25.1 Å². The van der Waals surface area contributed by atoms with E-state index in [0.717, 1.165) is 12.8 Å². The molecule has 0 radical (unpaired) electrons. The van der Waals surface area contributed by atoms with E-state index in [0.29, 0.717) is 18.6 Å². The molecule has 0 aromatic heterocycles. The number of aliphatic imine (C=N–C) groups is 1. The largest absolute Gasteiger partial charge is 0.465 e. The number of hydrogen-bond donors (Lipinski definition) is 2. The topological polar surface area (TPSA) is 156 Å². The Bertz CT molecular complexity index is 841. The predicted octanol–water partition coefficient (Wildman–Crippen LogP) is 1.38. The number of nitrogens with one attached hydrogen (secondary N) is 1. The summed E-state index contributed by atoms with van der Waals surface area (Å²) >= 11 is 0. The average molecular weight is 432 g/mol. The summed E-state index contributed by atoms with van der Waals surface area (Å²) in [5, 5.41) is 23.6. The Balaban J connectivity index is 2.35. The summed E-state index contributed by atoms with van der Waals surface area (Å²) in [5.74, 6) is -0.873. The molecule has 11 nitrogen and oxygen atoms in total. The highest BCUT2D eigenvalue weighted by atomic mass is 16.6. The Morgan fingerprint density at radius 2 is 2.29 bits per heavy atom. The Kier molecular flexibility index (Phi) is 9.02. The number of rotatable bonds is 10. The molecule has 1 heterocycles. The molecule has 0 spiro atoms. The molecule has 0 bridgehead atoms. The Morgan fingerprint density at radius 3 is 2.94 bits per heavy atom. The SMILES string of the molecule is CCCCOC1=NC(N(CC(=O)OCC)CC2C=C(C#N)C=CC2)C([N+](=O)[O-])=C(N)N1. The molecule has 2 atom stereocenters. The van der Waals surface area contributed by atoms with Crippen molar-refractivity contribution in [3.63, 3.8) is 0 Å². The molecule has 1 aliphatic carbocycles. The number of unbranched alkanes of at least 4 members (excludes halogenated alkanes) is 1. The van der Waals surface area contributed by atoms with Crippen LogP contribution in [-0.4, -0.2) is 54.3 Å². The smallest absolute Gasteiger partial charge is 0.325 e. The maximum atomic E-state index is 12.3. The summed E-state index contributed by atoms with van der Waals surface area (Å²) in [6.07, 6.45) is 6.50. The van der Waals surface area contributed by atoms with Crippen LogP contribution >= 0.6 is 0 Å². The predicted molar refractivity (Wildman–Crippen MR) is 113 cm³/mol. The number of nitrogens with two attached hydrogens (primary N) is 1. The van der Waals surface area contributed by atoms with E-state index >= 15 is 0 Å². The number of ether oxygens (including phenoxy) is 2. The Labute approximate surface area is 181 Å². The fourth-order valence-corrected chi connectivity index (χ4v) is 3.23. The van der Waals surface area contributed by atoms with Crippen LogP contribution in [0, 0.1) is 27.4 Å². The molecular weight excluding hydrogens is 404 g/mol. The van der Waals surface area contributed by atoms with E-state index in [2.05, 4.69) is 16.4 Å². The summed E-state index contributed by atoms with van der Waals surface area (Å²) < 4.78 is 10.6. The standard InChI is InChI=1S/C20H28N6O5/c1-3-5-9-31-20-23-18(22)17(26(28)29)19(24-20)25(13-16(27)30-4-2)12-15-8-6-7-14(10-15)11-21/h6-7,10,15,19H,3-5,8-9,12-13,22H2,1-2H3,(H,23,24). The summed E-state index contributed by atoms with van der Waals surface area (Å²) in [4.78, 5) is 29.3. The van der Waals surface area contributed by atoms with E-state index < -0.39 is 17.1 Å². The highest BCUT2D eigenvalue weighted by Gasteiger charge is 2.39. The van der Waals surface area contributed by atoms with Gasteiger partial charge in [-0.25, -0.2) is 4.99 Å². The lowest BCUT2D eigenvalue weighted by atomic mass is 9.96. The first-order chi connectivity index (χ1) is 14.9. The third-order valence-corrected chi connectivity index (χ3v) is 4.67. The molecule has 0 fully saturated rings. The first-order valence-corrected chi connectivity index (χ1v) is 10.2. The number of nitrogens with zero attached hydrogens (tertiary/aromatic N) is 4. The van der Waals surface area contributed by atoms with Crippen molar-refractivity contribution in [3.05, 3.63) is 45.4 Å². The number of nitro groups is 1. The number of allylic oxidation sites excluding steroid dienone is 3. The zero-order chi connectivity index (χ0) is 22.8. The number of carbonyl (C=O) groups excluding carboxylic acids is 1. The molecule has 0 amide bonds. The summed E-state index contributed by atoms with van der Waals surface area (Å²) in [5.41, 5.74) is 6.05. The number of esters is 1. The van der Waals surface area contributed by atoms with Crippen LogP contribution in [0.15, 0.2) is 40.3 Å². The van der Waals surface area contributed by atoms with Crippen molar-refractivity contribution in [1.82, 2.24) is 10.2 Å². The van der Waals surface area contributed by atoms with E-state index in [4.69, 9.17) is 15.2 Å².